The van der Waals surface area contributed by atoms with Crippen molar-refractivity contribution in [2.75, 3.05) is 18.4 Å². The van der Waals surface area contributed by atoms with E-state index in [0.717, 1.165) is 30.9 Å². The van der Waals surface area contributed by atoms with E-state index in [0.29, 0.717) is 6.54 Å². The van der Waals surface area contributed by atoms with Crippen LogP contribution < -0.4 is 10.6 Å². The van der Waals surface area contributed by atoms with E-state index >= 15 is 0 Å². The van der Waals surface area contributed by atoms with Gasteiger partial charge in [0, 0.05) is 44.9 Å². The predicted octanol–water partition coefficient (Wildman–Crippen LogP) is 0.968. The van der Waals surface area contributed by atoms with E-state index in [1.54, 1.807) is 10.9 Å². The Hall–Kier alpha value is -2.15. The van der Waals surface area contributed by atoms with Gasteiger partial charge in [-0.15, -0.1) is 0 Å². The molecule has 1 aliphatic heterocycles. The Morgan fingerprint density at radius 3 is 3.05 bits per heavy atom. The largest absolute Gasteiger partial charge is 0.315 e. The van der Waals surface area contributed by atoms with Gasteiger partial charge in [-0.1, -0.05) is 6.92 Å². The lowest BCUT2D eigenvalue weighted by atomic mass is 9.90. The number of hydrogen-bond donors (Lipinski definition) is 2. The number of aryl methyl sites for hydroxylation is 2. The molecule has 2 N–H and O–H groups in total. The molecule has 3 rings (SSSR count). The van der Waals surface area contributed by atoms with Gasteiger partial charge in [0.1, 0.15) is 5.82 Å². The first-order valence-corrected chi connectivity index (χ1v) is 7.71. The molecule has 22 heavy (non-hydrogen) atoms. The third-order valence-electron chi connectivity index (χ3n) is 4.11. The van der Waals surface area contributed by atoms with E-state index in [2.05, 4.69) is 27.8 Å². The van der Waals surface area contributed by atoms with E-state index < -0.39 is 0 Å². The number of nitrogens with one attached hydrogen (secondary N) is 2. The van der Waals surface area contributed by atoms with E-state index in [1.165, 1.54) is 0 Å². The van der Waals surface area contributed by atoms with Gasteiger partial charge in [-0.2, -0.15) is 10.2 Å². The Morgan fingerprint density at radius 1 is 1.45 bits per heavy atom. The fourth-order valence-corrected chi connectivity index (χ4v) is 2.98. The van der Waals surface area contributed by atoms with Crippen LogP contribution in [0.4, 0.5) is 5.82 Å². The second-order valence-electron chi connectivity index (χ2n) is 5.75. The van der Waals surface area contributed by atoms with E-state index in [-0.39, 0.29) is 17.7 Å². The predicted molar refractivity (Wildman–Crippen MR) is 83.5 cm³/mol. The minimum atomic E-state index is -0.0887. The van der Waals surface area contributed by atoms with Crippen LogP contribution in [0.25, 0.3) is 0 Å². The van der Waals surface area contributed by atoms with Crippen molar-refractivity contribution < 1.29 is 4.79 Å². The standard InChI is InChI=1S/C15H22N6O/c1-3-6-21-14(4-5-17-21)19-15(22)13-9-16-8-12(13)11-7-18-20(2)10-11/h4-5,7,10,12-13,16H,3,6,8-9H2,1-2H3,(H,19,22)/t12-,13+/m1/s1. The SMILES string of the molecule is CCCn1nccc1NC(=O)[C@H]1CNC[C@@H]1c1cnn(C)c1. The van der Waals surface area contributed by atoms with Crippen LogP contribution in [-0.4, -0.2) is 38.6 Å². The zero-order chi connectivity index (χ0) is 15.5. The summed E-state index contributed by atoms with van der Waals surface area (Å²) >= 11 is 0. The molecule has 0 spiro atoms. The molecule has 1 fully saturated rings. The van der Waals surface area contributed by atoms with E-state index in [4.69, 9.17) is 0 Å². The average molecular weight is 302 g/mol. The van der Waals surface area contributed by atoms with Crippen LogP contribution in [0.2, 0.25) is 0 Å². The Bertz CT molecular complexity index is 646. The first-order valence-electron chi connectivity index (χ1n) is 7.71. The minimum Gasteiger partial charge on any atom is -0.315 e. The number of carbonyl (C=O) groups excluding carboxylic acids is 1. The van der Waals surface area contributed by atoms with Crippen LogP contribution in [-0.2, 0) is 18.4 Å². The van der Waals surface area contributed by atoms with Crippen LogP contribution >= 0.6 is 0 Å². The topological polar surface area (TPSA) is 76.8 Å². The zero-order valence-corrected chi connectivity index (χ0v) is 13.0. The van der Waals surface area contributed by atoms with Crippen molar-refractivity contribution in [1.82, 2.24) is 24.9 Å². The first-order chi connectivity index (χ1) is 10.7. The van der Waals surface area contributed by atoms with Crippen molar-refractivity contribution in [3.05, 3.63) is 30.2 Å². The summed E-state index contributed by atoms with van der Waals surface area (Å²) in [5.41, 5.74) is 1.11. The van der Waals surface area contributed by atoms with Crippen LogP contribution in [0.1, 0.15) is 24.8 Å². The summed E-state index contributed by atoms with van der Waals surface area (Å²) in [6, 6.07) is 1.84. The molecule has 1 aliphatic rings. The molecule has 0 saturated carbocycles. The lowest BCUT2D eigenvalue weighted by Crippen LogP contribution is -2.29. The van der Waals surface area contributed by atoms with Crippen LogP contribution in [0.5, 0.6) is 0 Å². The van der Waals surface area contributed by atoms with Gasteiger partial charge < -0.3 is 10.6 Å². The summed E-state index contributed by atoms with van der Waals surface area (Å²) in [5.74, 6) is 0.880. The van der Waals surface area contributed by atoms with Gasteiger partial charge in [0.05, 0.1) is 18.3 Å². The Balaban J connectivity index is 1.72. The molecule has 2 atom stereocenters. The monoisotopic (exact) mass is 302 g/mol. The van der Waals surface area contributed by atoms with Gasteiger partial charge in [-0.05, 0) is 12.0 Å². The third-order valence-corrected chi connectivity index (χ3v) is 4.11. The highest BCUT2D eigenvalue weighted by atomic mass is 16.2. The highest BCUT2D eigenvalue weighted by molar-refractivity contribution is 5.92. The van der Waals surface area contributed by atoms with Crippen molar-refractivity contribution in [3.63, 3.8) is 0 Å². The van der Waals surface area contributed by atoms with Gasteiger partial charge in [0.25, 0.3) is 0 Å². The lowest BCUT2D eigenvalue weighted by Gasteiger charge is -2.17. The van der Waals surface area contributed by atoms with Crippen LogP contribution in [0, 0.1) is 5.92 Å². The highest BCUT2D eigenvalue weighted by Crippen LogP contribution is 2.28. The molecule has 2 aromatic rings. The van der Waals surface area contributed by atoms with Crippen LogP contribution in [0.3, 0.4) is 0 Å². The number of aromatic nitrogens is 4. The number of amides is 1. The molecule has 1 saturated heterocycles. The molecule has 3 heterocycles. The van der Waals surface area contributed by atoms with Crippen LogP contribution in [0.15, 0.2) is 24.7 Å². The fourth-order valence-electron chi connectivity index (χ4n) is 2.98. The Morgan fingerprint density at radius 2 is 2.32 bits per heavy atom. The maximum atomic E-state index is 12.6. The number of anilines is 1. The second kappa shape index (κ2) is 6.31. The van der Waals surface area contributed by atoms with Crippen molar-refractivity contribution in [1.29, 1.82) is 0 Å². The maximum absolute atomic E-state index is 12.6. The summed E-state index contributed by atoms with van der Waals surface area (Å²) in [5, 5.41) is 14.8. The van der Waals surface area contributed by atoms with Crippen molar-refractivity contribution >= 4 is 11.7 Å². The quantitative estimate of drug-likeness (QED) is 0.863. The molecule has 0 radical (unpaired) electrons. The fraction of sp³-hybridized carbons (Fsp3) is 0.533. The van der Waals surface area contributed by atoms with E-state index in [9.17, 15) is 4.79 Å². The van der Waals surface area contributed by atoms with Gasteiger partial charge in [0.15, 0.2) is 0 Å². The van der Waals surface area contributed by atoms with Gasteiger partial charge >= 0.3 is 0 Å². The van der Waals surface area contributed by atoms with Crippen molar-refractivity contribution in [3.8, 4) is 0 Å². The molecule has 0 aliphatic carbocycles. The van der Waals surface area contributed by atoms with Crippen molar-refractivity contribution in [2.24, 2.45) is 13.0 Å². The molecule has 0 bridgehead atoms. The number of carbonyl (C=O) groups is 1. The molecular formula is C15H22N6O. The number of nitrogens with zero attached hydrogens (tertiary/aromatic N) is 4. The van der Waals surface area contributed by atoms with E-state index in [1.807, 2.05) is 30.2 Å². The maximum Gasteiger partial charge on any atom is 0.230 e. The molecular weight excluding hydrogens is 280 g/mol. The second-order valence-corrected chi connectivity index (χ2v) is 5.75. The molecule has 118 valence electrons. The Labute approximate surface area is 129 Å². The van der Waals surface area contributed by atoms with Crippen molar-refractivity contribution in [2.45, 2.75) is 25.8 Å². The normalized spacial score (nSPS) is 21.2. The molecule has 1 amide bonds. The molecule has 0 aromatic carbocycles. The zero-order valence-electron chi connectivity index (χ0n) is 13.0. The summed E-state index contributed by atoms with van der Waals surface area (Å²) in [6.45, 7) is 4.38. The molecule has 7 heteroatoms. The molecule has 0 unspecified atom stereocenters. The average Bonchev–Trinajstić information content (AvgIpc) is 3.20. The summed E-state index contributed by atoms with van der Waals surface area (Å²) in [6.07, 6.45) is 6.53. The number of rotatable bonds is 5. The number of hydrogen-bond acceptors (Lipinski definition) is 4. The lowest BCUT2D eigenvalue weighted by molar-refractivity contribution is -0.119. The minimum absolute atomic E-state index is 0.0386. The molecule has 7 nitrogen and oxygen atoms in total. The summed E-state index contributed by atoms with van der Waals surface area (Å²) in [7, 11) is 1.89. The van der Waals surface area contributed by atoms with Gasteiger partial charge in [0.2, 0.25) is 5.91 Å². The smallest absolute Gasteiger partial charge is 0.230 e. The molecule has 2 aromatic heterocycles. The van der Waals surface area contributed by atoms with Gasteiger partial charge in [-0.25, -0.2) is 4.68 Å². The summed E-state index contributed by atoms with van der Waals surface area (Å²) < 4.78 is 3.61. The third kappa shape index (κ3) is 2.89. The van der Waals surface area contributed by atoms with Gasteiger partial charge in [-0.3, -0.25) is 9.48 Å². The first kappa shape index (κ1) is 14.8. The highest BCUT2D eigenvalue weighted by Gasteiger charge is 2.35. The summed E-state index contributed by atoms with van der Waals surface area (Å²) in [4.78, 5) is 12.6. The Kier molecular flexibility index (Phi) is 4.24.